The second kappa shape index (κ2) is 16.4. The van der Waals surface area contributed by atoms with Gasteiger partial charge in [0.05, 0.1) is 16.9 Å². The Morgan fingerprint density at radius 3 is 1.37 bits per heavy atom. The molecule has 0 spiro atoms. The summed E-state index contributed by atoms with van der Waals surface area (Å²) < 4.78 is 18.3. The maximum atomic E-state index is 7.87. The van der Waals surface area contributed by atoms with Gasteiger partial charge in [-0.2, -0.15) is 0 Å². The van der Waals surface area contributed by atoms with E-state index in [9.17, 15) is 0 Å². The second-order valence-corrected chi connectivity index (χ2v) is 27.2. The summed E-state index contributed by atoms with van der Waals surface area (Å²) in [5.41, 5.74) is 26.0. The van der Waals surface area contributed by atoms with Gasteiger partial charge in [0.25, 0.3) is 13.4 Å². The first-order chi connectivity index (χ1) is 37.0. The highest BCUT2D eigenvalue weighted by Gasteiger charge is 2.52. The van der Waals surface area contributed by atoms with Gasteiger partial charge in [-0.25, -0.2) is 0 Å². The smallest absolute Gasteiger partial charge is 0.256 e. The highest BCUT2D eigenvalue weighted by Crippen LogP contribution is 2.52. The third-order valence-corrected chi connectivity index (χ3v) is 17.7. The van der Waals surface area contributed by atoms with Gasteiger partial charge in [0, 0.05) is 38.6 Å². The van der Waals surface area contributed by atoms with Gasteiger partial charge in [-0.1, -0.05) is 203 Å². The summed E-state index contributed by atoms with van der Waals surface area (Å²) in [7, 11) is 0. The van der Waals surface area contributed by atoms with Crippen molar-refractivity contribution in [2.45, 2.75) is 119 Å². The Kier molecular flexibility index (Phi) is 10.2. The van der Waals surface area contributed by atoms with E-state index in [1.165, 1.54) is 88.4 Å². The molecule has 4 aliphatic heterocycles. The molecule has 14 rings (SSSR count). The van der Waals surface area contributed by atoms with E-state index in [-0.39, 0.29) is 35.1 Å². The van der Waals surface area contributed by atoms with E-state index in [2.05, 4.69) is 264 Å². The molecule has 384 valence electrons. The summed E-state index contributed by atoms with van der Waals surface area (Å²) >= 11 is 0. The molecule has 0 radical (unpaired) electrons. The summed E-state index contributed by atoms with van der Waals surface area (Å²) in [4.78, 5) is 2.53. The number of hydrogen-bond donors (Lipinski definition) is 0. The third-order valence-electron chi connectivity index (χ3n) is 17.7. The summed E-state index contributed by atoms with van der Waals surface area (Å²) in [5.74, 6) is 3.54. The van der Waals surface area contributed by atoms with Crippen LogP contribution in [0.3, 0.4) is 0 Å². The summed E-state index contributed by atoms with van der Waals surface area (Å²) in [5, 5.41) is 2.53. The van der Waals surface area contributed by atoms with Gasteiger partial charge in [0.1, 0.15) is 23.0 Å². The van der Waals surface area contributed by atoms with Gasteiger partial charge >= 0.3 is 0 Å². The van der Waals surface area contributed by atoms with Crippen LogP contribution in [0, 0.1) is 13.8 Å². The first-order valence-electron chi connectivity index (χ1n) is 28.2. The molecule has 0 saturated carbocycles. The first-order valence-corrected chi connectivity index (χ1v) is 28.2. The number of aromatic nitrogens is 1. The van der Waals surface area contributed by atoms with Crippen molar-refractivity contribution in [3.05, 3.63) is 191 Å². The quantitative estimate of drug-likeness (QED) is 0.165. The monoisotopic (exact) mass is 1010 g/mol. The molecule has 4 aliphatic rings. The first kappa shape index (κ1) is 48.7. The Bertz CT molecular complexity index is 4190. The highest BCUT2D eigenvalue weighted by molar-refractivity contribution is 7.02. The van der Waals surface area contributed by atoms with Gasteiger partial charge in [-0.15, -0.1) is 0 Å². The lowest BCUT2D eigenvalue weighted by Gasteiger charge is -2.45. The number of aryl methyl sites for hydroxylation is 2. The van der Waals surface area contributed by atoms with E-state index in [0.29, 0.717) is 0 Å². The Morgan fingerprint density at radius 2 is 0.821 bits per heavy atom. The van der Waals surface area contributed by atoms with Crippen LogP contribution in [0.25, 0.3) is 49.7 Å². The minimum atomic E-state index is -0.199. The van der Waals surface area contributed by atoms with E-state index in [1.54, 1.807) is 0 Å². The molecule has 0 atom stereocenters. The lowest BCUT2D eigenvalue weighted by molar-refractivity contribution is 0.475. The van der Waals surface area contributed by atoms with Crippen molar-refractivity contribution >= 4 is 85.1 Å². The Morgan fingerprint density at radius 1 is 0.372 bits per heavy atom. The number of anilines is 3. The van der Waals surface area contributed by atoms with Crippen LogP contribution in [0.15, 0.2) is 158 Å². The number of rotatable bonds is 3. The molecule has 0 N–H and O–H groups in total. The average molecular weight is 1010 g/mol. The Balaban J connectivity index is 1.17. The fourth-order valence-electron chi connectivity index (χ4n) is 13.1. The molecule has 78 heavy (non-hydrogen) atoms. The molecule has 9 aromatic carbocycles. The molecule has 0 fully saturated rings. The van der Waals surface area contributed by atoms with Crippen molar-refractivity contribution in [3.63, 3.8) is 0 Å². The minimum absolute atomic E-state index is 0.0238. The van der Waals surface area contributed by atoms with E-state index in [0.717, 1.165) is 67.6 Å². The van der Waals surface area contributed by atoms with E-state index in [1.807, 2.05) is 0 Å². The average Bonchev–Trinajstić information content (AvgIpc) is 2.35. The van der Waals surface area contributed by atoms with Crippen molar-refractivity contribution in [1.82, 2.24) is 4.57 Å². The van der Waals surface area contributed by atoms with Crippen LogP contribution in [-0.4, -0.2) is 18.0 Å². The van der Waals surface area contributed by atoms with E-state index >= 15 is 0 Å². The molecule has 0 bridgehead atoms. The van der Waals surface area contributed by atoms with Gasteiger partial charge in [-0.05, 0) is 150 Å². The van der Waals surface area contributed by atoms with E-state index in [4.69, 9.17) is 9.47 Å². The van der Waals surface area contributed by atoms with E-state index < -0.39 is 0 Å². The third kappa shape index (κ3) is 7.27. The van der Waals surface area contributed by atoms with Crippen molar-refractivity contribution in [2.75, 3.05) is 4.90 Å². The molecular weight excluding hydrogens is 946 g/mol. The number of benzene rings is 9. The van der Waals surface area contributed by atoms with Crippen molar-refractivity contribution in [3.8, 4) is 50.9 Å². The predicted octanol–water partition coefficient (Wildman–Crippen LogP) is 15.3. The topological polar surface area (TPSA) is 26.6 Å². The van der Waals surface area contributed by atoms with Crippen molar-refractivity contribution in [2.24, 2.45) is 0 Å². The number of ether oxygens (including phenoxy) is 2. The van der Waals surface area contributed by atoms with Crippen LogP contribution in [0.1, 0.15) is 116 Å². The molecular formula is C72H68B2N2O2. The minimum Gasteiger partial charge on any atom is -0.456 e. The molecule has 0 saturated heterocycles. The molecule has 5 heterocycles. The molecule has 4 nitrogen and oxygen atoms in total. The summed E-state index contributed by atoms with van der Waals surface area (Å²) in [6.07, 6.45) is 0. The van der Waals surface area contributed by atoms with Gasteiger partial charge in [-0.3, -0.25) is 0 Å². The number of fused-ring (bicyclic) bond motifs is 13. The maximum Gasteiger partial charge on any atom is 0.256 e. The fraction of sp³-hybridized carbons (Fsp3) is 0.250. The van der Waals surface area contributed by atoms with Crippen LogP contribution < -0.4 is 47.2 Å². The van der Waals surface area contributed by atoms with Crippen LogP contribution in [0.2, 0.25) is 0 Å². The zero-order chi connectivity index (χ0) is 54.3. The van der Waals surface area contributed by atoms with Crippen molar-refractivity contribution in [1.29, 1.82) is 0 Å². The van der Waals surface area contributed by atoms with Crippen LogP contribution >= 0.6 is 0 Å². The lowest BCUT2D eigenvalue weighted by Crippen LogP contribution is -2.63. The van der Waals surface area contributed by atoms with Gasteiger partial charge in [0.15, 0.2) is 0 Å². The van der Waals surface area contributed by atoms with Gasteiger partial charge < -0.3 is 18.9 Å². The van der Waals surface area contributed by atoms with Crippen LogP contribution in [0.5, 0.6) is 23.0 Å². The second-order valence-electron chi connectivity index (χ2n) is 27.2. The zero-order valence-corrected chi connectivity index (χ0v) is 47.9. The Hall–Kier alpha value is -7.69. The van der Waals surface area contributed by atoms with Gasteiger partial charge in [0.2, 0.25) is 0 Å². The normalized spacial score (nSPS) is 14.2. The Labute approximate surface area is 462 Å². The highest BCUT2D eigenvalue weighted by atomic mass is 16.5. The summed E-state index contributed by atoms with van der Waals surface area (Å²) in [6, 6.07) is 60.6. The molecule has 10 aromatic rings. The largest absolute Gasteiger partial charge is 0.456 e. The molecule has 1 aromatic heterocycles. The maximum absolute atomic E-state index is 7.87. The summed E-state index contributed by atoms with van der Waals surface area (Å²) in [6.45, 7) is 31.9. The number of hydrogen-bond acceptors (Lipinski definition) is 3. The number of nitrogens with zero attached hydrogens (tertiary/aromatic N) is 2. The molecule has 0 unspecified atom stereocenters. The predicted molar refractivity (Wildman–Crippen MR) is 333 cm³/mol. The SMILES string of the molecule is Cc1ccc(-c2ccc3c(c2)B2c4cc(C(C)(C)C)ccc4N(c4ccc(C(C)(C)C)cc4)c4c5c6c(c(c42)O3)-n2c3ccc(C(C)(C)C)cc3c3cc(C(C)(C)C)cc(c32)B6c2cc(-c3ccc(C)cc3)ccc2O5)cc1. The standard InChI is InChI=1S/C72H68B2N2O2/c1-41-15-19-43(20-16-41)45-23-33-60-55(35-45)73-54-39-49(71(9,10)11)28-32-59(54)75(51-29-25-47(26-30-51)69(3,4)5)65-62(73)68(78-60)66-63-67(65)77-61-34-24-46(44-21-17-42(2)18-22-44)36-56(61)74(63)57-40-50(72(12,13)14)38-53-52-37-48(70(6,7)8)27-31-58(52)76(66)64(53)57/h15-40H,1-14H3. The van der Waals surface area contributed by atoms with Crippen LogP contribution in [0.4, 0.5) is 17.1 Å². The fourth-order valence-corrected chi connectivity index (χ4v) is 13.1. The molecule has 0 amide bonds. The lowest BCUT2D eigenvalue weighted by atomic mass is 9.31. The van der Waals surface area contributed by atoms with Crippen LogP contribution in [-0.2, 0) is 21.7 Å². The molecule has 6 heteroatoms. The zero-order valence-electron chi connectivity index (χ0n) is 47.9. The van der Waals surface area contributed by atoms with Crippen molar-refractivity contribution < 1.29 is 9.47 Å². The molecule has 0 aliphatic carbocycles.